The Hall–Kier alpha value is -1.39. The molecule has 0 amide bonds. The first-order chi connectivity index (χ1) is 9.08. The van der Waals surface area contributed by atoms with Crippen LogP contribution in [0.15, 0.2) is 40.3 Å². The molecule has 2 nitrogen and oxygen atoms in total. The zero-order valence-corrected chi connectivity index (χ0v) is 13.0. The first-order valence-electron chi connectivity index (χ1n) is 5.91. The highest BCUT2D eigenvalue weighted by molar-refractivity contribution is 9.10. The topological polar surface area (TPSA) is 22.0 Å². The van der Waals surface area contributed by atoms with Gasteiger partial charge in [-0.2, -0.15) is 0 Å². The summed E-state index contributed by atoms with van der Waals surface area (Å²) in [6.45, 7) is 2.06. The number of aromatic nitrogens is 1. The average Bonchev–Trinajstić information content (AvgIpc) is 2.94. The second-order valence-electron chi connectivity index (χ2n) is 4.60. The van der Waals surface area contributed by atoms with Gasteiger partial charge in [0.1, 0.15) is 0 Å². The van der Waals surface area contributed by atoms with E-state index in [1.165, 1.54) is 16.9 Å². The van der Waals surface area contributed by atoms with Crippen molar-refractivity contribution in [2.45, 2.75) is 6.92 Å². The van der Waals surface area contributed by atoms with Gasteiger partial charge in [0, 0.05) is 34.2 Å². The summed E-state index contributed by atoms with van der Waals surface area (Å²) in [5.74, 6) is 0.0799. The van der Waals surface area contributed by atoms with Crippen molar-refractivity contribution >= 4 is 44.0 Å². The first kappa shape index (κ1) is 12.6. The molecular weight excluding hydrogens is 322 g/mol. The monoisotopic (exact) mass is 333 g/mol. The number of fused-ring (bicyclic) bond motifs is 1. The fourth-order valence-corrected chi connectivity index (χ4v) is 3.76. The van der Waals surface area contributed by atoms with E-state index in [9.17, 15) is 4.79 Å². The van der Waals surface area contributed by atoms with Crippen molar-refractivity contribution in [2.75, 3.05) is 0 Å². The van der Waals surface area contributed by atoms with Gasteiger partial charge in [-0.05, 0) is 45.9 Å². The third-order valence-corrected chi connectivity index (χ3v) is 5.05. The maximum absolute atomic E-state index is 12.6. The number of rotatable bonds is 2. The van der Waals surface area contributed by atoms with Gasteiger partial charge in [0.2, 0.25) is 5.78 Å². The Morgan fingerprint density at radius 1 is 1.32 bits per heavy atom. The third-order valence-electron chi connectivity index (χ3n) is 3.21. The lowest BCUT2D eigenvalue weighted by Gasteiger charge is -1.99. The number of ketones is 1. The quantitative estimate of drug-likeness (QED) is 0.631. The van der Waals surface area contributed by atoms with E-state index in [0.29, 0.717) is 0 Å². The standard InChI is InChI=1S/C15H12BrNOS/c1-9-3-4-10-11(8-17(2)13(10)7-9)14(18)15-12(16)5-6-19-15/h3-8H,1-2H3. The third kappa shape index (κ3) is 2.05. The zero-order chi connectivity index (χ0) is 13.6. The van der Waals surface area contributed by atoms with Crippen LogP contribution >= 0.6 is 27.3 Å². The van der Waals surface area contributed by atoms with Crippen LogP contribution in [0.25, 0.3) is 10.9 Å². The summed E-state index contributed by atoms with van der Waals surface area (Å²) in [4.78, 5) is 13.4. The van der Waals surface area contributed by atoms with Gasteiger partial charge in [-0.1, -0.05) is 12.1 Å². The van der Waals surface area contributed by atoms with Gasteiger partial charge >= 0.3 is 0 Å². The molecule has 3 aromatic rings. The molecule has 0 saturated carbocycles. The Labute approximate surface area is 123 Å². The van der Waals surface area contributed by atoms with Crippen LogP contribution in [0.1, 0.15) is 20.8 Å². The van der Waals surface area contributed by atoms with E-state index >= 15 is 0 Å². The van der Waals surface area contributed by atoms with Crippen LogP contribution in [0.3, 0.4) is 0 Å². The Kier molecular flexibility index (Phi) is 3.07. The molecule has 0 bridgehead atoms. The largest absolute Gasteiger partial charge is 0.350 e. The molecule has 0 radical (unpaired) electrons. The van der Waals surface area contributed by atoms with Crippen LogP contribution in [-0.4, -0.2) is 10.4 Å². The molecule has 3 rings (SSSR count). The number of carbonyl (C=O) groups is 1. The van der Waals surface area contributed by atoms with Crippen molar-refractivity contribution < 1.29 is 4.79 Å². The molecule has 4 heteroatoms. The molecule has 2 aromatic heterocycles. The molecule has 0 spiro atoms. The smallest absolute Gasteiger partial charge is 0.206 e. The van der Waals surface area contributed by atoms with Gasteiger partial charge < -0.3 is 4.57 Å². The predicted octanol–water partition coefficient (Wildman–Crippen LogP) is 4.54. The summed E-state index contributed by atoms with van der Waals surface area (Å²) in [6.07, 6.45) is 1.92. The molecule has 1 aromatic carbocycles. The van der Waals surface area contributed by atoms with Crippen LogP contribution in [0.4, 0.5) is 0 Å². The Morgan fingerprint density at radius 3 is 2.79 bits per heavy atom. The molecule has 19 heavy (non-hydrogen) atoms. The van der Waals surface area contributed by atoms with E-state index in [0.717, 1.165) is 25.8 Å². The highest BCUT2D eigenvalue weighted by Gasteiger charge is 2.18. The van der Waals surface area contributed by atoms with Crippen molar-refractivity contribution in [1.82, 2.24) is 4.57 Å². The molecule has 0 atom stereocenters. The minimum absolute atomic E-state index is 0.0799. The molecule has 0 fully saturated rings. The lowest BCUT2D eigenvalue weighted by Crippen LogP contribution is -1.98. The van der Waals surface area contributed by atoms with Gasteiger partial charge in [0.25, 0.3) is 0 Å². The van der Waals surface area contributed by atoms with E-state index in [1.54, 1.807) is 0 Å². The van der Waals surface area contributed by atoms with E-state index in [1.807, 2.05) is 41.4 Å². The number of hydrogen-bond donors (Lipinski definition) is 0. The van der Waals surface area contributed by atoms with Crippen LogP contribution in [0.5, 0.6) is 0 Å². The maximum atomic E-state index is 12.6. The Morgan fingerprint density at radius 2 is 2.11 bits per heavy atom. The SMILES string of the molecule is Cc1ccc2c(C(=O)c3sccc3Br)cn(C)c2c1. The number of nitrogens with zero attached hydrogens (tertiary/aromatic N) is 1. The Balaban J connectivity index is 2.21. The first-order valence-corrected chi connectivity index (χ1v) is 7.58. The van der Waals surface area contributed by atoms with Crippen molar-refractivity contribution in [3.63, 3.8) is 0 Å². The minimum atomic E-state index is 0.0799. The van der Waals surface area contributed by atoms with Crippen LogP contribution in [0, 0.1) is 6.92 Å². The number of aryl methyl sites for hydroxylation is 2. The zero-order valence-electron chi connectivity index (χ0n) is 10.6. The lowest BCUT2D eigenvalue weighted by atomic mass is 10.1. The Bertz CT molecular complexity index is 785. The van der Waals surface area contributed by atoms with E-state index in [4.69, 9.17) is 0 Å². The minimum Gasteiger partial charge on any atom is -0.350 e. The molecule has 0 aliphatic heterocycles. The van der Waals surface area contributed by atoms with E-state index < -0.39 is 0 Å². The van der Waals surface area contributed by atoms with Gasteiger partial charge in [-0.3, -0.25) is 4.79 Å². The summed E-state index contributed by atoms with van der Waals surface area (Å²) >= 11 is 4.90. The number of halogens is 1. The summed E-state index contributed by atoms with van der Waals surface area (Å²) in [7, 11) is 1.97. The van der Waals surface area contributed by atoms with Crippen molar-refractivity contribution in [3.05, 3.63) is 56.3 Å². The van der Waals surface area contributed by atoms with Crippen molar-refractivity contribution in [1.29, 1.82) is 0 Å². The van der Waals surface area contributed by atoms with Gasteiger partial charge in [-0.15, -0.1) is 11.3 Å². The summed E-state index contributed by atoms with van der Waals surface area (Å²) in [5, 5.41) is 2.94. The second-order valence-corrected chi connectivity index (χ2v) is 6.37. The highest BCUT2D eigenvalue weighted by Crippen LogP contribution is 2.29. The molecular formula is C15H12BrNOS. The molecule has 0 aliphatic carbocycles. The van der Waals surface area contributed by atoms with E-state index in [2.05, 4.69) is 28.9 Å². The average molecular weight is 334 g/mol. The van der Waals surface area contributed by atoms with Crippen LogP contribution in [0.2, 0.25) is 0 Å². The molecule has 0 unspecified atom stereocenters. The number of hydrogen-bond acceptors (Lipinski definition) is 2. The lowest BCUT2D eigenvalue weighted by molar-refractivity contribution is 0.104. The number of benzene rings is 1. The van der Waals surface area contributed by atoms with Crippen LogP contribution in [-0.2, 0) is 7.05 Å². The van der Waals surface area contributed by atoms with Crippen LogP contribution < -0.4 is 0 Å². The number of carbonyl (C=O) groups excluding carboxylic acids is 1. The number of thiophene rings is 1. The molecule has 96 valence electrons. The molecule has 0 N–H and O–H groups in total. The molecule has 0 aliphatic rings. The van der Waals surface area contributed by atoms with E-state index in [-0.39, 0.29) is 5.78 Å². The van der Waals surface area contributed by atoms with Crippen molar-refractivity contribution in [2.24, 2.45) is 7.05 Å². The normalized spacial score (nSPS) is 11.1. The van der Waals surface area contributed by atoms with Crippen molar-refractivity contribution in [3.8, 4) is 0 Å². The van der Waals surface area contributed by atoms with Gasteiger partial charge in [0.15, 0.2) is 0 Å². The fraction of sp³-hybridized carbons (Fsp3) is 0.133. The predicted molar refractivity (Wildman–Crippen MR) is 83.1 cm³/mol. The van der Waals surface area contributed by atoms with Gasteiger partial charge in [-0.25, -0.2) is 0 Å². The maximum Gasteiger partial charge on any atom is 0.206 e. The second kappa shape index (κ2) is 4.62. The summed E-state index contributed by atoms with van der Waals surface area (Å²) in [5.41, 5.74) is 3.06. The molecule has 0 saturated heterocycles. The fourth-order valence-electron chi connectivity index (χ4n) is 2.25. The highest BCUT2D eigenvalue weighted by atomic mass is 79.9. The molecule has 2 heterocycles. The summed E-state index contributed by atoms with van der Waals surface area (Å²) < 4.78 is 2.88. The summed E-state index contributed by atoms with van der Waals surface area (Å²) in [6, 6.07) is 8.09. The van der Waals surface area contributed by atoms with Gasteiger partial charge in [0.05, 0.1) is 4.88 Å².